The molecule has 1 saturated heterocycles. The van der Waals surface area contributed by atoms with Crippen molar-refractivity contribution in [2.45, 2.75) is 31.7 Å². The van der Waals surface area contributed by atoms with E-state index in [-0.39, 0.29) is 31.6 Å². The summed E-state index contributed by atoms with van der Waals surface area (Å²) in [6.45, 7) is 0.310. The average Bonchev–Trinajstić information content (AvgIpc) is 2.81. The number of hydrogen-bond donors (Lipinski definition) is 1. The summed E-state index contributed by atoms with van der Waals surface area (Å²) in [5.41, 5.74) is 1.07. The molecule has 2 rings (SSSR count). The number of amides is 2. The van der Waals surface area contributed by atoms with Crippen LogP contribution < -0.4 is 0 Å². The van der Waals surface area contributed by atoms with Gasteiger partial charge in [-0.2, -0.15) is 0 Å². The lowest BCUT2D eigenvalue weighted by Gasteiger charge is -2.19. The number of cyclic esters (lactones) is 1. The second kappa shape index (κ2) is 7.05. The molecule has 1 fully saturated rings. The molecule has 1 aromatic carbocycles. The van der Waals surface area contributed by atoms with Crippen molar-refractivity contribution in [3.8, 4) is 0 Å². The third-order valence-electron chi connectivity index (χ3n) is 3.34. The highest BCUT2D eigenvalue weighted by Crippen LogP contribution is 2.19. The fourth-order valence-electron chi connectivity index (χ4n) is 2.31. The van der Waals surface area contributed by atoms with Gasteiger partial charge in [-0.25, -0.2) is 9.69 Å². The van der Waals surface area contributed by atoms with E-state index in [9.17, 15) is 9.59 Å². The summed E-state index contributed by atoms with van der Waals surface area (Å²) >= 11 is 0. The standard InChI is InChI=1S/C15H19NO4/c17-9-5-4-8-14(18)16-13(11-20-15(16)19)10-12-6-2-1-3-7-12/h1-3,6-7,13,17H,4-5,8-11H2/t13-/m1/s1. The van der Waals surface area contributed by atoms with Gasteiger partial charge in [0, 0.05) is 13.0 Å². The zero-order chi connectivity index (χ0) is 14.4. The van der Waals surface area contributed by atoms with Crippen LogP contribution in [0.3, 0.4) is 0 Å². The molecule has 2 amide bonds. The largest absolute Gasteiger partial charge is 0.447 e. The van der Waals surface area contributed by atoms with Gasteiger partial charge in [0.05, 0.1) is 6.04 Å². The molecule has 5 heteroatoms. The molecule has 0 aliphatic carbocycles. The van der Waals surface area contributed by atoms with E-state index in [0.29, 0.717) is 19.3 Å². The molecule has 1 aliphatic rings. The second-order valence-corrected chi connectivity index (χ2v) is 4.86. The number of aliphatic hydroxyl groups is 1. The highest BCUT2D eigenvalue weighted by molar-refractivity contribution is 5.93. The lowest BCUT2D eigenvalue weighted by atomic mass is 10.1. The Kier molecular flexibility index (Phi) is 5.12. The quantitative estimate of drug-likeness (QED) is 0.804. The van der Waals surface area contributed by atoms with Crippen LogP contribution in [0.5, 0.6) is 0 Å². The molecule has 1 atom stereocenters. The summed E-state index contributed by atoms with van der Waals surface area (Å²) < 4.78 is 4.99. The molecule has 20 heavy (non-hydrogen) atoms. The van der Waals surface area contributed by atoms with E-state index in [4.69, 9.17) is 9.84 Å². The fraction of sp³-hybridized carbons (Fsp3) is 0.467. The van der Waals surface area contributed by atoms with Crippen LogP contribution in [0.1, 0.15) is 24.8 Å². The van der Waals surface area contributed by atoms with Gasteiger partial charge in [-0.15, -0.1) is 0 Å². The summed E-state index contributed by atoms with van der Waals surface area (Å²) in [5, 5.41) is 8.73. The lowest BCUT2D eigenvalue weighted by Crippen LogP contribution is -2.40. The number of imide groups is 1. The molecule has 0 saturated carbocycles. The molecular formula is C15H19NO4. The van der Waals surface area contributed by atoms with Crippen molar-refractivity contribution >= 4 is 12.0 Å². The van der Waals surface area contributed by atoms with Gasteiger partial charge >= 0.3 is 6.09 Å². The summed E-state index contributed by atoms with van der Waals surface area (Å²) in [6, 6.07) is 9.50. The second-order valence-electron chi connectivity index (χ2n) is 4.86. The molecule has 0 unspecified atom stereocenters. The number of aliphatic hydroxyl groups excluding tert-OH is 1. The summed E-state index contributed by atoms with van der Waals surface area (Å²) in [7, 11) is 0. The summed E-state index contributed by atoms with van der Waals surface area (Å²) in [4.78, 5) is 25.0. The molecule has 1 aliphatic heterocycles. The lowest BCUT2D eigenvalue weighted by molar-refractivity contribution is -0.129. The van der Waals surface area contributed by atoms with Gasteiger partial charge in [0.15, 0.2) is 0 Å². The SMILES string of the molecule is O=C(CCCCO)N1C(=O)OC[C@H]1Cc1ccccc1. The Morgan fingerprint density at radius 3 is 2.75 bits per heavy atom. The van der Waals surface area contributed by atoms with E-state index < -0.39 is 6.09 Å². The van der Waals surface area contributed by atoms with Gasteiger partial charge in [-0.1, -0.05) is 30.3 Å². The van der Waals surface area contributed by atoms with Gasteiger partial charge < -0.3 is 9.84 Å². The number of unbranched alkanes of at least 4 members (excludes halogenated alkanes) is 1. The minimum atomic E-state index is -0.556. The van der Waals surface area contributed by atoms with Crippen LogP contribution in [0, 0.1) is 0 Å². The van der Waals surface area contributed by atoms with Crippen molar-refractivity contribution in [1.29, 1.82) is 0 Å². The van der Waals surface area contributed by atoms with Crippen LogP contribution in [-0.4, -0.2) is 41.3 Å². The number of nitrogens with zero attached hydrogens (tertiary/aromatic N) is 1. The Morgan fingerprint density at radius 2 is 2.05 bits per heavy atom. The molecule has 1 aromatic rings. The molecule has 0 bridgehead atoms. The highest BCUT2D eigenvalue weighted by atomic mass is 16.6. The van der Waals surface area contributed by atoms with Crippen molar-refractivity contribution < 1.29 is 19.4 Å². The monoisotopic (exact) mass is 277 g/mol. The molecule has 5 nitrogen and oxygen atoms in total. The van der Waals surface area contributed by atoms with Crippen molar-refractivity contribution in [1.82, 2.24) is 4.90 Å². The minimum absolute atomic E-state index is 0.0607. The molecule has 0 spiro atoms. The van der Waals surface area contributed by atoms with Crippen LogP contribution in [-0.2, 0) is 16.0 Å². The Balaban J connectivity index is 1.97. The van der Waals surface area contributed by atoms with Gasteiger partial charge in [0.1, 0.15) is 6.61 Å². The Bertz CT molecular complexity index is 460. The maximum atomic E-state index is 12.1. The smallest absolute Gasteiger partial charge is 0.416 e. The number of carbonyl (C=O) groups is 2. The maximum Gasteiger partial charge on any atom is 0.416 e. The van der Waals surface area contributed by atoms with Crippen LogP contribution in [0.15, 0.2) is 30.3 Å². The van der Waals surface area contributed by atoms with Gasteiger partial charge in [-0.3, -0.25) is 4.79 Å². The Hall–Kier alpha value is -1.88. The first-order chi connectivity index (χ1) is 9.72. The van der Waals surface area contributed by atoms with E-state index in [1.165, 1.54) is 4.90 Å². The first-order valence-electron chi connectivity index (χ1n) is 6.86. The topological polar surface area (TPSA) is 66.8 Å². The minimum Gasteiger partial charge on any atom is -0.447 e. The van der Waals surface area contributed by atoms with Crippen LogP contribution in [0.2, 0.25) is 0 Å². The average molecular weight is 277 g/mol. The van der Waals surface area contributed by atoms with Crippen molar-refractivity contribution in [3.05, 3.63) is 35.9 Å². The molecule has 0 radical (unpaired) electrons. The van der Waals surface area contributed by atoms with E-state index in [2.05, 4.69) is 0 Å². The number of rotatable bonds is 6. The van der Waals surface area contributed by atoms with Crippen LogP contribution >= 0.6 is 0 Å². The van der Waals surface area contributed by atoms with E-state index >= 15 is 0 Å². The summed E-state index contributed by atoms with van der Waals surface area (Å²) in [5.74, 6) is -0.220. The van der Waals surface area contributed by atoms with Gasteiger partial charge in [0.2, 0.25) is 5.91 Å². The van der Waals surface area contributed by atoms with E-state index in [0.717, 1.165) is 5.56 Å². The highest BCUT2D eigenvalue weighted by Gasteiger charge is 2.37. The molecule has 108 valence electrons. The normalized spacial score (nSPS) is 18.1. The predicted octanol–water partition coefficient (Wildman–Crippen LogP) is 1.74. The zero-order valence-electron chi connectivity index (χ0n) is 11.3. The molecule has 1 heterocycles. The van der Waals surface area contributed by atoms with Crippen molar-refractivity contribution in [3.63, 3.8) is 0 Å². The Morgan fingerprint density at radius 1 is 1.30 bits per heavy atom. The number of hydrogen-bond acceptors (Lipinski definition) is 4. The fourth-order valence-corrected chi connectivity index (χ4v) is 2.31. The molecular weight excluding hydrogens is 258 g/mol. The number of carbonyl (C=O) groups excluding carboxylic acids is 2. The van der Waals surface area contributed by atoms with E-state index in [1.54, 1.807) is 0 Å². The molecule has 1 N–H and O–H groups in total. The predicted molar refractivity (Wildman–Crippen MR) is 73.1 cm³/mol. The van der Waals surface area contributed by atoms with Crippen LogP contribution in [0.25, 0.3) is 0 Å². The third-order valence-corrected chi connectivity index (χ3v) is 3.34. The number of ether oxygens (including phenoxy) is 1. The maximum absolute atomic E-state index is 12.1. The van der Waals surface area contributed by atoms with Crippen molar-refractivity contribution in [2.24, 2.45) is 0 Å². The first-order valence-corrected chi connectivity index (χ1v) is 6.86. The van der Waals surface area contributed by atoms with Gasteiger partial charge in [-0.05, 0) is 24.8 Å². The Labute approximate surface area is 118 Å². The van der Waals surface area contributed by atoms with E-state index in [1.807, 2.05) is 30.3 Å². The third kappa shape index (κ3) is 3.57. The van der Waals surface area contributed by atoms with Crippen molar-refractivity contribution in [2.75, 3.05) is 13.2 Å². The summed E-state index contributed by atoms with van der Waals surface area (Å²) in [6.07, 6.45) is 1.47. The first kappa shape index (κ1) is 14.5. The molecule has 0 aromatic heterocycles. The van der Waals surface area contributed by atoms with Gasteiger partial charge in [0.25, 0.3) is 0 Å². The van der Waals surface area contributed by atoms with Crippen LogP contribution in [0.4, 0.5) is 4.79 Å². The number of benzene rings is 1. The zero-order valence-corrected chi connectivity index (χ0v) is 11.3.